The number of nitrogens with zero attached hydrogens (tertiary/aromatic N) is 1. The van der Waals surface area contributed by atoms with Gasteiger partial charge in [0.1, 0.15) is 17.7 Å². The Morgan fingerprint density at radius 3 is 2.53 bits per heavy atom. The van der Waals surface area contributed by atoms with E-state index < -0.39 is 29.7 Å². The van der Waals surface area contributed by atoms with Crippen molar-refractivity contribution in [2.45, 2.75) is 77.5 Å². The number of benzene rings is 2. The number of anilines is 1. The zero-order valence-corrected chi connectivity index (χ0v) is 22.7. The van der Waals surface area contributed by atoms with Crippen LogP contribution < -0.4 is 15.5 Å². The molecule has 2 aromatic carbocycles. The lowest BCUT2D eigenvalue weighted by Gasteiger charge is -2.27. The van der Waals surface area contributed by atoms with Crippen LogP contribution in [0.3, 0.4) is 0 Å². The molecule has 3 aromatic rings. The molecule has 0 unspecified atom stereocenters. The molecular formula is C30H38N4O4. The maximum atomic E-state index is 13.7. The fourth-order valence-electron chi connectivity index (χ4n) is 4.87. The highest BCUT2D eigenvalue weighted by molar-refractivity contribution is 6.01. The van der Waals surface area contributed by atoms with Crippen molar-refractivity contribution in [3.63, 3.8) is 0 Å². The number of fused-ring (bicyclic) bond motifs is 2. The molecule has 0 saturated heterocycles. The predicted molar refractivity (Wildman–Crippen MR) is 149 cm³/mol. The van der Waals surface area contributed by atoms with Gasteiger partial charge in [-0.2, -0.15) is 0 Å². The summed E-state index contributed by atoms with van der Waals surface area (Å²) < 4.78 is 5.45. The number of ether oxygens (including phenoxy) is 1. The van der Waals surface area contributed by atoms with Gasteiger partial charge in [0.05, 0.1) is 0 Å². The molecule has 1 aliphatic heterocycles. The topological polar surface area (TPSA) is 104 Å². The van der Waals surface area contributed by atoms with Crippen LogP contribution in [-0.4, -0.2) is 47.1 Å². The van der Waals surface area contributed by atoms with Crippen LogP contribution in [0, 0.1) is 0 Å². The molecule has 1 aliphatic rings. The number of amides is 3. The van der Waals surface area contributed by atoms with Gasteiger partial charge in [-0.3, -0.25) is 9.59 Å². The molecule has 4 rings (SSSR count). The van der Waals surface area contributed by atoms with Gasteiger partial charge >= 0.3 is 6.09 Å². The second-order valence-corrected chi connectivity index (χ2v) is 10.8. The Balaban J connectivity index is 1.56. The number of unbranched alkanes of at least 4 members (excludes halogenated alkanes) is 1. The summed E-state index contributed by atoms with van der Waals surface area (Å²) in [5.74, 6) is -0.539. The summed E-state index contributed by atoms with van der Waals surface area (Å²) in [4.78, 5) is 45.0. The molecule has 0 saturated carbocycles. The van der Waals surface area contributed by atoms with Crippen LogP contribution in [0.4, 0.5) is 10.5 Å². The van der Waals surface area contributed by atoms with Crippen molar-refractivity contribution in [1.82, 2.24) is 15.6 Å². The number of carbonyl (C=O) groups excluding carboxylic acids is 3. The highest BCUT2D eigenvalue weighted by Gasteiger charge is 2.33. The number of aromatic amines is 1. The maximum absolute atomic E-state index is 13.7. The first kappa shape index (κ1) is 27.2. The minimum Gasteiger partial charge on any atom is -0.444 e. The number of carbonyl (C=O) groups is 3. The zero-order valence-electron chi connectivity index (χ0n) is 22.7. The summed E-state index contributed by atoms with van der Waals surface area (Å²) >= 11 is 0. The Morgan fingerprint density at radius 2 is 1.76 bits per heavy atom. The molecule has 38 heavy (non-hydrogen) atoms. The Labute approximate surface area is 224 Å². The van der Waals surface area contributed by atoms with Crippen molar-refractivity contribution in [2.24, 2.45) is 0 Å². The highest BCUT2D eigenvalue weighted by Crippen LogP contribution is 2.28. The van der Waals surface area contributed by atoms with E-state index in [2.05, 4.69) is 22.5 Å². The van der Waals surface area contributed by atoms with E-state index in [1.54, 1.807) is 25.7 Å². The van der Waals surface area contributed by atoms with Crippen LogP contribution in [-0.2, 0) is 27.2 Å². The van der Waals surface area contributed by atoms with E-state index in [1.165, 1.54) is 0 Å². The van der Waals surface area contributed by atoms with E-state index in [4.69, 9.17) is 4.74 Å². The molecule has 0 fully saturated rings. The number of alkyl carbamates (subject to hydrolysis) is 1. The molecule has 2 heterocycles. The van der Waals surface area contributed by atoms with E-state index >= 15 is 0 Å². The zero-order chi connectivity index (χ0) is 27.3. The summed E-state index contributed by atoms with van der Waals surface area (Å²) in [6.07, 6.45) is 4.41. The smallest absolute Gasteiger partial charge is 0.408 e. The Hall–Kier alpha value is -3.81. The van der Waals surface area contributed by atoms with Crippen LogP contribution in [0.25, 0.3) is 10.9 Å². The summed E-state index contributed by atoms with van der Waals surface area (Å²) in [5.41, 5.74) is 3.15. The van der Waals surface area contributed by atoms with Gasteiger partial charge in [-0.25, -0.2) is 4.79 Å². The molecule has 0 spiro atoms. The second kappa shape index (κ2) is 11.7. The van der Waals surface area contributed by atoms with Gasteiger partial charge in [0, 0.05) is 35.8 Å². The third-order valence-corrected chi connectivity index (χ3v) is 6.72. The second-order valence-electron chi connectivity index (χ2n) is 10.8. The molecule has 8 heteroatoms. The molecule has 1 aromatic heterocycles. The van der Waals surface area contributed by atoms with Crippen molar-refractivity contribution >= 4 is 34.5 Å². The number of para-hydroxylation sites is 2. The van der Waals surface area contributed by atoms with Crippen LogP contribution in [0.5, 0.6) is 0 Å². The molecule has 0 radical (unpaired) electrons. The first-order valence-corrected chi connectivity index (χ1v) is 13.4. The van der Waals surface area contributed by atoms with Crippen molar-refractivity contribution in [2.75, 3.05) is 11.4 Å². The Bertz CT molecular complexity index is 1290. The summed E-state index contributed by atoms with van der Waals surface area (Å²) in [6, 6.07) is 14.1. The van der Waals surface area contributed by atoms with E-state index in [-0.39, 0.29) is 12.3 Å². The summed E-state index contributed by atoms with van der Waals surface area (Å²) in [7, 11) is 0. The largest absolute Gasteiger partial charge is 0.444 e. The first-order chi connectivity index (χ1) is 18.2. The average Bonchev–Trinajstić information content (AvgIpc) is 3.49. The maximum Gasteiger partial charge on any atom is 0.408 e. The SMILES string of the molecule is CCCC[C@H](NC(=O)[C@H](Cc1c[nH]c2ccccc12)NC(=O)OC(C)(C)C)C(=O)N1CCc2ccccc21. The van der Waals surface area contributed by atoms with Crippen LogP contribution in [0.15, 0.2) is 54.7 Å². The number of aromatic nitrogens is 1. The minimum atomic E-state index is -0.924. The molecule has 0 aliphatic carbocycles. The van der Waals surface area contributed by atoms with E-state index in [0.717, 1.165) is 47.0 Å². The molecule has 3 amide bonds. The number of hydrogen-bond acceptors (Lipinski definition) is 4. The number of hydrogen-bond donors (Lipinski definition) is 3. The first-order valence-electron chi connectivity index (χ1n) is 13.4. The quantitative estimate of drug-likeness (QED) is 0.376. The summed E-state index contributed by atoms with van der Waals surface area (Å²) in [5, 5.41) is 6.70. The number of rotatable bonds is 9. The molecular weight excluding hydrogens is 480 g/mol. The van der Waals surface area contributed by atoms with Gasteiger partial charge in [-0.05, 0) is 56.9 Å². The fourth-order valence-corrected chi connectivity index (χ4v) is 4.87. The van der Waals surface area contributed by atoms with Crippen LogP contribution in [0.1, 0.15) is 58.1 Å². The molecule has 202 valence electrons. The van der Waals surface area contributed by atoms with Gasteiger partial charge < -0.3 is 25.3 Å². The van der Waals surface area contributed by atoms with E-state index in [9.17, 15) is 14.4 Å². The molecule has 0 bridgehead atoms. The Morgan fingerprint density at radius 1 is 1.03 bits per heavy atom. The van der Waals surface area contributed by atoms with Crippen LogP contribution >= 0.6 is 0 Å². The van der Waals surface area contributed by atoms with Gasteiger partial charge in [-0.15, -0.1) is 0 Å². The number of nitrogens with one attached hydrogen (secondary N) is 3. The van der Waals surface area contributed by atoms with E-state index in [0.29, 0.717) is 13.0 Å². The number of H-pyrrole nitrogens is 1. The highest BCUT2D eigenvalue weighted by atomic mass is 16.6. The van der Waals surface area contributed by atoms with Gasteiger partial charge in [0.2, 0.25) is 11.8 Å². The van der Waals surface area contributed by atoms with Crippen molar-refractivity contribution in [1.29, 1.82) is 0 Å². The lowest BCUT2D eigenvalue weighted by atomic mass is 10.0. The molecule has 2 atom stereocenters. The molecule has 3 N–H and O–H groups in total. The minimum absolute atomic E-state index is 0.125. The average molecular weight is 519 g/mol. The van der Waals surface area contributed by atoms with E-state index in [1.807, 2.05) is 54.7 Å². The lowest BCUT2D eigenvalue weighted by Crippen LogP contribution is -2.55. The van der Waals surface area contributed by atoms with Crippen LogP contribution in [0.2, 0.25) is 0 Å². The lowest BCUT2D eigenvalue weighted by molar-refractivity contribution is -0.129. The standard InChI is InChI=1S/C30H38N4O4/c1-5-6-13-24(28(36)34-17-16-20-11-7-10-15-26(20)34)32-27(35)25(33-29(37)38-30(2,3)4)18-21-19-31-23-14-9-8-12-22(21)23/h7-12,14-15,19,24-25,31H,5-6,13,16-18H2,1-4H3,(H,32,35)(H,33,37)/t24-,25-/m0/s1. The molecule has 8 nitrogen and oxygen atoms in total. The van der Waals surface area contributed by atoms with Gasteiger partial charge in [0.25, 0.3) is 0 Å². The van der Waals surface area contributed by atoms with Gasteiger partial charge in [0.15, 0.2) is 0 Å². The van der Waals surface area contributed by atoms with Crippen molar-refractivity contribution in [3.05, 3.63) is 65.9 Å². The third kappa shape index (κ3) is 6.54. The van der Waals surface area contributed by atoms with Crippen molar-refractivity contribution in [3.8, 4) is 0 Å². The van der Waals surface area contributed by atoms with Crippen molar-refractivity contribution < 1.29 is 19.1 Å². The Kier molecular flexibility index (Phi) is 8.39. The normalized spacial score (nSPS) is 14.6. The summed E-state index contributed by atoms with van der Waals surface area (Å²) in [6.45, 7) is 7.96. The monoisotopic (exact) mass is 518 g/mol. The fraction of sp³-hybridized carbons (Fsp3) is 0.433. The van der Waals surface area contributed by atoms with Gasteiger partial charge in [-0.1, -0.05) is 56.2 Å². The third-order valence-electron chi connectivity index (χ3n) is 6.72. The predicted octanol–water partition coefficient (Wildman–Crippen LogP) is 4.87.